The van der Waals surface area contributed by atoms with Gasteiger partial charge in [-0.3, -0.25) is 9.59 Å². The van der Waals surface area contributed by atoms with Crippen LogP contribution in [0.15, 0.2) is 9.95 Å². The average Bonchev–Trinajstić information content (AvgIpc) is 2.94. The van der Waals surface area contributed by atoms with Crippen molar-refractivity contribution in [2.45, 2.75) is 49.3 Å². The second-order valence-corrected chi connectivity index (χ2v) is 6.81. The minimum atomic E-state index is -0.256. The Morgan fingerprint density at radius 1 is 1.38 bits per heavy atom. The summed E-state index contributed by atoms with van der Waals surface area (Å²) < 4.78 is 5.15. The molecule has 0 saturated carbocycles. The zero-order chi connectivity index (χ0) is 15.1. The van der Waals surface area contributed by atoms with Crippen LogP contribution in [0.5, 0.6) is 0 Å². The van der Waals surface area contributed by atoms with Crippen LogP contribution < -0.4 is 5.56 Å². The monoisotopic (exact) mass is 328 g/mol. The van der Waals surface area contributed by atoms with Crippen LogP contribution in [-0.4, -0.2) is 28.3 Å². The molecule has 7 heteroatoms. The molecule has 5 nitrogen and oxygen atoms in total. The minimum absolute atomic E-state index is 0.0829. The SMILES string of the molecule is CCCCCCOC(=O)CSc1nc2c(c(=O)[nH]1)CSC2. The maximum Gasteiger partial charge on any atom is 0.316 e. The standard InChI is InChI=1S/C14H20N2O3S2/c1-2-3-4-5-6-19-12(17)9-21-14-15-11-8-20-7-10(11)13(18)16-14/h2-9H2,1H3,(H,15,16,18). The van der Waals surface area contributed by atoms with E-state index < -0.39 is 0 Å². The van der Waals surface area contributed by atoms with Gasteiger partial charge in [-0.05, 0) is 6.42 Å². The number of fused-ring (bicyclic) bond motifs is 1. The highest BCUT2D eigenvalue weighted by Crippen LogP contribution is 2.26. The Bertz CT molecular complexity index is 546. The van der Waals surface area contributed by atoms with Crippen molar-refractivity contribution in [3.05, 3.63) is 21.6 Å². The van der Waals surface area contributed by atoms with E-state index in [-0.39, 0.29) is 17.3 Å². The van der Waals surface area contributed by atoms with Gasteiger partial charge in [0, 0.05) is 17.1 Å². The second-order valence-electron chi connectivity index (χ2n) is 4.86. The maximum atomic E-state index is 11.8. The Morgan fingerprint density at radius 2 is 2.24 bits per heavy atom. The number of esters is 1. The van der Waals surface area contributed by atoms with E-state index in [2.05, 4.69) is 16.9 Å². The van der Waals surface area contributed by atoms with Gasteiger partial charge < -0.3 is 9.72 Å². The maximum absolute atomic E-state index is 11.8. The second kappa shape index (κ2) is 8.48. The van der Waals surface area contributed by atoms with E-state index in [0.29, 0.717) is 11.8 Å². The number of ether oxygens (including phenoxy) is 1. The fraction of sp³-hybridized carbons (Fsp3) is 0.643. The van der Waals surface area contributed by atoms with Crippen LogP contribution in [0, 0.1) is 0 Å². The molecule has 0 aromatic carbocycles. The number of rotatable bonds is 8. The molecule has 0 saturated heterocycles. The van der Waals surface area contributed by atoms with E-state index in [1.54, 1.807) is 11.8 Å². The summed E-state index contributed by atoms with van der Waals surface area (Å²) in [5.41, 5.74) is 1.53. The number of nitrogens with zero attached hydrogens (tertiary/aromatic N) is 1. The van der Waals surface area contributed by atoms with Gasteiger partial charge in [0.25, 0.3) is 5.56 Å². The summed E-state index contributed by atoms with van der Waals surface area (Å²) >= 11 is 2.91. The number of nitrogens with one attached hydrogen (secondary N) is 1. The largest absolute Gasteiger partial charge is 0.465 e. The molecule has 1 N–H and O–H groups in total. The van der Waals surface area contributed by atoms with Crippen molar-refractivity contribution in [3.8, 4) is 0 Å². The van der Waals surface area contributed by atoms with E-state index >= 15 is 0 Å². The highest BCUT2D eigenvalue weighted by molar-refractivity contribution is 7.99. The predicted molar refractivity (Wildman–Crippen MR) is 85.7 cm³/mol. The molecule has 0 amide bonds. The summed E-state index contributed by atoms with van der Waals surface area (Å²) in [4.78, 5) is 30.5. The van der Waals surface area contributed by atoms with Gasteiger partial charge in [-0.15, -0.1) is 0 Å². The quantitative estimate of drug-likeness (QED) is 0.342. The fourth-order valence-electron chi connectivity index (χ4n) is 1.99. The van der Waals surface area contributed by atoms with Crippen LogP contribution in [0.2, 0.25) is 0 Å². The smallest absolute Gasteiger partial charge is 0.316 e. The molecule has 21 heavy (non-hydrogen) atoms. The summed E-state index contributed by atoms with van der Waals surface area (Å²) in [6.07, 6.45) is 4.34. The molecule has 0 fully saturated rings. The Labute approximate surface area is 132 Å². The van der Waals surface area contributed by atoms with Crippen molar-refractivity contribution in [1.29, 1.82) is 0 Å². The minimum Gasteiger partial charge on any atom is -0.465 e. The molecular weight excluding hydrogens is 308 g/mol. The third-order valence-corrected chi connectivity index (χ3v) is 4.97. The molecule has 1 aromatic rings. The summed E-state index contributed by atoms with van der Waals surface area (Å²) in [7, 11) is 0. The molecule has 0 atom stereocenters. The summed E-state index contributed by atoms with van der Waals surface area (Å²) in [5.74, 6) is 1.42. The average molecular weight is 328 g/mol. The molecule has 0 spiro atoms. The van der Waals surface area contributed by atoms with Gasteiger partial charge in [-0.2, -0.15) is 11.8 Å². The Hall–Kier alpha value is -0.950. The van der Waals surface area contributed by atoms with Crippen LogP contribution in [0.1, 0.15) is 43.9 Å². The van der Waals surface area contributed by atoms with Gasteiger partial charge in [-0.1, -0.05) is 37.9 Å². The third kappa shape index (κ3) is 5.07. The normalized spacial score (nSPS) is 13.2. The van der Waals surface area contributed by atoms with Gasteiger partial charge >= 0.3 is 5.97 Å². The molecule has 0 unspecified atom stereocenters. The zero-order valence-corrected chi connectivity index (χ0v) is 13.8. The number of hydrogen-bond donors (Lipinski definition) is 1. The number of unbranched alkanes of at least 4 members (excludes halogenated alkanes) is 3. The van der Waals surface area contributed by atoms with Crippen molar-refractivity contribution in [2.24, 2.45) is 0 Å². The van der Waals surface area contributed by atoms with Crippen molar-refractivity contribution >= 4 is 29.5 Å². The molecule has 1 aliphatic heterocycles. The van der Waals surface area contributed by atoms with E-state index in [1.807, 2.05) is 0 Å². The first kappa shape index (κ1) is 16.4. The molecule has 0 radical (unpaired) electrons. The first-order valence-electron chi connectivity index (χ1n) is 7.19. The van der Waals surface area contributed by atoms with Gasteiger partial charge in [-0.25, -0.2) is 4.98 Å². The first-order valence-corrected chi connectivity index (χ1v) is 9.33. The number of hydrogen-bond acceptors (Lipinski definition) is 6. The Morgan fingerprint density at radius 3 is 3.05 bits per heavy atom. The highest BCUT2D eigenvalue weighted by Gasteiger charge is 2.18. The van der Waals surface area contributed by atoms with Gasteiger partial charge in [0.15, 0.2) is 5.16 Å². The lowest BCUT2D eigenvalue weighted by Crippen LogP contribution is -2.16. The fourth-order valence-corrected chi connectivity index (χ4v) is 3.71. The summed E-state index contributed by atoms with van der Waals surface area (Å²) in [6, 6.07) is 0. The lowest BCUT2D eigenvalue weighted by molar-refractivity contribution is -0.140. The van der Waals surface area contributed by atoms with E-state index in [0.717, 1.165) is 35.6 Å². The van der Waals surface area contributed by atoms with Crippen LogP contribution in [0.25, 0.3) is 0 Å². The Balaban J connectivity index is 1.74. The van der Waals surface area contributed by atoms with Gasteiger partial charge in [0.2, 0.25) is 0 Å². The number of carbonyl (C=O) groups excluding carboxylic acids is 1. The number of aromatic nitrogens is 2. The molecule has 0 bridgehead atoms. The molecule has 2 heterocycles. The van der Waals surface area contributed by atoms with E-state index in [1.165, 1.54) is 24.6 Å². The van der Waals surface area contributed by atoms with Crippen LogP contribution in [0.3, 0.4) is 0 Å². The predicted octanol–water partition coefficient (Wildman–Crippen LogP) is 2.73. The number of H-pyrrole nitrogens is 1. The van der Waals surface area contributed by atoms with Crippen molar-refractivity contribution in [1.82, 2.24) is 9.97 Å². The lowest BCUT2D eigenvalue weighted by atomic mass is 10.2. The molecule has 116 valence electrons. The number of aromatic amines is 1. The highest BCUT2D eigenvalue weighted by atomic mass is 32.2. The molecule has 0 aliphatic carbocycles. The van der Waals surface area contributed by atoms with E-state index in [4.69, 9.17) is 4.74 Å². The molecule has 1 aromatic heterocycles. The molecule has 1 aliphatic rings. The lowest BCUT2D eigenvalue weighted by Gasteiger charge is -2.05. The number of thioether (sulfide) groups is 2. The molecular formula is C14H20N2O3S2. The van der Waals surface area contributed by atoms with Gasteiger partial charge in [0.1, 0.15) is 0 Å². The summed E-state index contributed by atoms with van der Waals surface area (Å²) in [6.45, 7) is 2.62. The van der Waals surface area contributed by atoms with Crippen LogP contribution in [-0.2, 0) is 21.0 Å². The molecule has 2 rings (SSSR count). The first-order chi connectivity index (χ1) is 10.2. The summed E-state index contributed by atoms with van der Waals surface area (Å²) in [5, 5.41) is 0.504. The Kier molecular flexibility index (Phi) is 6.63. The van der Waals surface area contributed by atoms with Crippen molar-refractivity contribution < 1.29 is 9.53 Å². The third-order valence-electron chi connectivity index (χ3n) is 3.15. The van der Waals surface area contributed by atoms with E-state index in [9.17, 15) is 9.59 Å². The van der Waals surface area contributed by atoms with Crippen molar-refractivity contribution in [2.75, 3.05) is 12.4 Å². The number of carbonyl (C=O) groups is 1. The van der Waals surface area contributed by atoms with Crippen molar-refractivity contribution in [3.63, 3.8) is 0 Å². The van der Waals surface area contributed by atoms with Crippen LogP contribution >= 0.6 is 23.5 Å². The van der Waals surface area contributed by atoms with Gasteiger partial charge in [0.05, 0.1) is 18.1 Å². The topological polar surface area (TPSA) is 72.0 Å². The zero-order valence-electron chi connectivity index (χ0n) is 12.1. The van der Waals surface area contributed by atoms with Crippen LogP contribution in [0.4, 0.5) is 0 Å².